The van der Waals surface area contributed by atoms with E-state index in [0.29, 0.717) is 71.6 Å². The molecule has 8 N–H and O–H groups in total. The number of methoxy groups -OCH3 is 1. The summed E-state index contributed by atoms with van der Waals surface area (Å²) in [5, 5.41) is 62.1. The summed E-state index contributed by atoms with van der Waals surface area (Å²) in [5.74, 6) is 2.71. The maximum Gasteiger partial charge on any atom is 0.192 e. The van der Waals surface area contributed by atoms with E-state index in [0.717, 1.165) is 38.9 Å². The number of aliphatic imine (C=N–C) groups is 1. The predicted octanol–water partition coefficient (Wildman–Crippen LogP) is 9.93. The number of ketones is 1. The normalized spacial score (nSPS) is 22.3. The predicted molar refractivity (Wildman–Crippen MR) is 281 cm³/mol. The number of hydrogen-bond donors (Lipinski definition) is 7. The van der Waals surface area contributed by atoms with E-state index in [9.17, 15) is 30.3 Å². The first-order valence-corrected chi connectivity index (χ1v) is 24.8. The molecule has 0 fully saturated rings. The van der Waals surface area contributed by atoms with Crippen molar-refractivity contribution in [2.45, 2.75) is 88.6 Å². The number of Topliss-reactive ketones (excluding diaryl/α,β-unsaturated/α-hetero) is 1. The number of allylic oxidation sites excluding steroid dienone is 5. The van der Waals surface area contributed by atoms with Crippen LogP contribution in [0.5, 0.6) is 17.2 Å². The van der Waals surface area contributed by atoms with Crippen LogP contribution in [0, 0.1) is 29.8 Å². The second kappa shape index (κ2) is 22.0. The van der Waals surface area contributed by atoms with Gasteiger partial charge in [-0.2, -0.15) is 0 Å². The second-order valence-corrected chi connectivity index (χ2v) is 19.5. The van der Waals surface area contributed by atoms with Crippen molar-refractivity contribution in [2.75, 3.05) is 26.1 Å². The lowest BCUT2D eigenvalue weighted by Crippen LogP contribution is -2.27. The van der Waals surface area contributed by atoms with Crippen molar-refractivity contribution < 1.29 is 44.5 Å². The molecule has 7 unspecified atom stereocenters. The molecule has 7 atom stereocenters. The van der Waals surface area contributed by atoms with E-state index < -0.39 is 24.2 Å². The number of hydrogen-bond acceptors (Lipinski definition) is 10. The number of guanidine groups is 1. The Morgan fingerprint density at radius 2 is 1.82 bits per heavy atom. The fraction of sp³-hybridized carbons (Fsp3) is 0.333. The van der Waals surface area contributed by atoms with Gasteiger partial charge in [-0.25, -0.2) is 0 Å². The molecule has 4 aliphatic heterocycles. The van der Waals surface area contributed by atoms with Crippen LogP contribution in [-0.4, -0.2) is 64.1 Å². The zero-order valence-corrected chi connectivity index (χ0v) is 40.9. The first kappa shape index (κ1) is 49.7. The van der Waals surface area contributed by atoms with Gasteiger partial charge in [-0.15, -0.1) is 0 Å². The van der Waals surface area contributed by atoms with Crippen LogP contribution in [0.25, 0.3) is 16.8 Å². The molecule has 2 aliphatic carbocycles. The summed E-state index contributed by atoms with van der Waals surface area (Å²) in [6.07, 6.45) is 15.3. The average molecular weight is 970 g/mol. The highest BCUT2D eigenvalue weighted by molar-refractivity contribution is 6.01. The Bertz CT molecular complexity index is 3050. The third-order valence-electron chi connectivity index (χ3n) is 14.8. The van der Waals surface area contributed by atoms with Gasteiger partial charge in [0.1, 0.15) is 36.1 Å². The topological polar surface area (TPSA) is 196 Å². The summed E-state index contributed by atoms with van der Waals surface area (Å²) in [6, 6.07) is 26.8. The summed E-state index contributed by atoms with van der Waals surface area (Å²) in [5.41, 5.74) is 13.0. The first-order valence-electron chi connectivity index (χ1n) is 24.8. The van der Waals surface area contributed by atoms with Crippen LogP contribution in [0.3, 0.4) is 0 Å². The number of anilines is 1. The van der Waals surface area contributed by atoms with Crippen molar-refractivity contribution in [3.63, 3.8) is 0 Å². The Kier molecular flexibility index (Phi) is 15.2. The lowest BCUT2D eigenvalue weighted by Gasteiger charge is -2.31. The van der Waals surface area contributed by atoms with Gasteiger partial charge in [0.25, 0.3) is 0 Å². The quantitative estimate of drug-likeness (QED) is 0.0305. The third-order valence-corrected chi connectivity index (χ3v) is 14.8. The molecule has 10 bridgehead atoms. The molecule has 0 amide bonds. The molecule has 0 saturated carbocycles. The maximum absolute atomic E-state index is 14.2. The molecule has 5 aromatic rings. The highest BCUT2D eigenvalue weighted by Gasteiger charge is 2.34. The molecule has 0 radical (unpaired) electrons. The van der Waals surface area contributed by atoms with Crippen molar-refractivity contribution in [2.24, 2.45) is 28.5 Å². The van der Waals surface area contributed by atoms with Crippen molar-refractivity contribution in [3.8, 4) is 29.3 Å². The van der Waals surface area contributed by atoms with Crippen LogP contribution in [0.2, 0.25) is 0 Å². The van der Waals surface area contributed by atoms with Gasteiger partial charge in [0.05, 0.1) is 13.0 Å². The molecule has 72 heavy (non-hydrogen) atoms. The van der Waals surface area contributed by atoms with Gasteiger partial charge in [0.2, 0.25) is 0 Å². The summed E-state index contributed by atoms with van der Waals surface area (Å²) >= 11 is 0. The number of nitrogens with zero attached hydrogens (tertiary/aromatic N) is 1. The molecule has 12 nitrogen and oxygen atoms in total. The number of aliphatic hydroxyl groups excluding tert-OH is 3. The van der Waals surface area contributed by atoms with E-state index >= 15 is 0 Å². The Labute approximate surface area is 420 Å². The number of benzene rings is 5. The minimum Gasteiger partial charge on any atom is -0.508 e. The van der Waals surface area contributed by atoms with E-state index in [4.69, 9.17) is 19.9 Å². The van der Waals surface area contributed by atoms with E-state index in [1.54, 1.807) is 32.4 Å². The molecule has 4 heterocycles. The molecular formula is C60H63N3O9. The average Bonchev–Trinajstić information content (AvgIpc) is 3.39. The Hall–Kier alpha value is -7.30. The monoisotopic (exact) mass is 969 g/mol. The summed E-state index contributed by atoms with van der Waals surface area (Å²) in [6.45, 7) is 1.97. The van der Waals surface area contributed by atoms with Crippen molar-refractivity contribution in [1.82, 2.24) is 0 Å². The van der Waals surface area contributed by atoms with Gasteiger partial charge >= 0.3 is 0 Å². The summed E-state index contributed by atoms with van der Waals surface area (Å²) < 4.78 is 18.8. The number of aromatic hydroxyl groups is 1. The zero-order valence-electron chi connectivity index (χ0n) is 40.9. The number of aryl methyl sites for hydroxylation is 2. The number of nitrogens with one attached hydrogen (secondary N) is 1. The Balaban J connectivity index is 1.20. The van der Waals surface area contributed by atoms with Gasteiger partial charge in [-0.1, -0.05) is 91.8 Å². The third kappa shape index (κ3) is 10.8. The molecule has 372 valence electrons. The number of nitrogens with two attached hydrogens (primary N) is 1. The molecule has 11 rings (SSSR count). The maximum atomic E-state index is 14.2. The molecule has 0 aromatic heterocycles. The number of carbonyl (C=O) groups excluding carboxylic acids is 1. The van der Waals surface area contributed by atoms with Crippen LogP contribution >= 0.6 is 0 Å². The number of phenols is 1. The fourth-order valence-corrected chi connectivity index (χ4v) is 10.9. The van der Waals surface area contributed by atoms with Crippen LogP contribution < -0.4 is 20.5 Å². The lowest BCUT2D eigenvalue weighted by molar-refractivity contribution is -0.121. The van der Waals surface area contributed by atoms with Gasteiger partial charge in [0.15, 0.2) is 23.7 Å². The van der Waals surface area contributed by atoms with Crippen LogP contribution in [-0.2, 0) is 29.0 Å². The minimum atomic E-state index is -1.91. The lowest BCUT2D eigenvalue weighted by atomic mass is 9.74. The molecule has 0 spiro atoms. The minimum absolute atomic E-state index is 0.0231. The van der Waals surface area contributed by atoms with E-state index in [1.807, 2.05) is 91.0 Å². The van der Waals surface area contributed by atoms with Crippen molar-refractivity contribution in [1.29, 1.82) is 0 Å². The Morgan fingerprint density at radius 3 is 2.60 bits per heavy atom. The number of carbonyl (C=O) groups is 1. The smallest absolute Gasteiger partial charge is 0.192 e. The molecule has 5 aromatic carbocycles. The number of aliphatic hydroxyl groups is 4. The van der Waals surface area contributed by atoms with Gasteiger partial charge < -0.3 is 50.8 Å². The largest absolute Gasteiger partial charge is 0.508 e. The Morgan fingerprint density at radius 1 is 0.986 bits per heavy atom. The number of rotatable bonds is 10. The van der Waals surface area contributed by atoms with Crippen LogP contribution in [0.1, 0.15) is 108 Å². The van der Waals surface area contributed by atoms with Gasteiger partial charge in [-0.05, 0) is 131 Å². The van der Waals surface area contributed by atoms with Crippen molar-refractivity contribution >= 4 is 34.3 Å². The van der Waals surface area contributed by atoms with Crippen LogP contribution in [0.4, 0.5) is 5.69 Å². The van der Waals surface area contributed by atoms with Crippen molar-refractivity contribution in [3.05, 3.63) is 171 Å². The fourth-order valence-electron chi connectivity index (χ4n) is 10.9. The number of ether oxygens (including phenoxy) is 3. The zero-order chi connectivity index (χ0) is 50.5. The molecule has 6 aliphatic rings. The SMILES string of the molecule is CN=C(N)Nc1cccc(CCC(CO)CC2C=C3C=CC(c4ccccc4)C4C#COC(CC(=O)CCc5ccc(OC)c(c5)OCc5c(C(O)O)cc6c4c(O)cc4c6c5C=CC4C)CC2C=C3O)c1. The highest BCUT2D eigenvalue weighted by atomic mass is 16.5. The summed E-state index contributed by atoms with van der Waals surface area (Å²) in [7, 11) is 3.18. The van der Waals surface area contributed by atoms with Gasteiger partial charge in [0, 0.05) is 66.3 Å². The standard InChI is InChI=1S/C60H63N3O9/c1-35-12-19-47-52-34-72-56-26-37(16-21-55(56)70-3)15-18-44(65)30-45-28-42-29-53(66)40(27-41(42)24-38(33-64)14-13-36-8-7-11-43(25-36)63-60(61)62-2)17-20-46(39-9-5-4-6-10-39)48(22-23-71-45)58-51(31-50(52)59(68)69)57(47)49(35)32-54(58)67/h4-12,16-17,19-21,25-27,29,31-32,35,38,41-42,45-46,48,59,64,66-69H,13-15,18,24,28,30,33-34H2,1-3H3,(H3,61,62,63). The van der Waals surface area contributed by atoms with E-state index in [2.05, 4.69) is 41.4 Å². The van der Waals surface area contributed by atoms with E-state index in [-0.39, 0.29) is 72.6 Å². The van der Waals surface area contributed by atoms with Crippen LogP contribution in [0.15, 0.2) is 132 Å². The highest BCUT2D eigenvalue weighted by Crippen LogP contribution is 2.49. The second-order valence-electron chi connectivity index (χ2n) is 19.5. The number of phenolic OH excluding ortho intramolecular Hbond substituents is 1. The molecular weight excluding hydrogens is 907 g/mol. The molecule has 0 saturated heterocycles. The summed E-state index contributed by atoms with van der Waals surface area (Å²) in [4.78, 5) is 18.2. The molecule has 12 heteroatoms. The van der Waals surface area contributed by atoms with E-state index in [1.165, 1.54) is 0 Å². The first-order chi connectivity index (χ1) is 34.9. The number of fused-ring (bicyclic) bond motifs is 7. The van der Waals surface area contributed by atoms with Gasteiger partial charge in [-0.3, -0.25) is 9.79 Å².